The standard InChI is InChI=1S/C15H4BrClF9N3O4/c16-10-9(15(24,25)26)7(3-5(11(10)17)13(18,19)20)27-12-6(14(21,22)23)1-4(28(30)31)2-8(12)29(32)33/h1-3,27H. The summed E-state index contributed by atoms with van der Waals surface area (Å²) in [5, 5.41) is 22.0. The lowest BCUT2D eigenvalue weighted by atomic mass is 10.0. The van der Waals surface area contributed by atoms with E-state index < -0.39 is 77.3 Å². The van der Waals surface area contributed by atoms with E-state index in [-0.39, 0.29) is 18.2 Å². The van der Waals surface area contributed by atoms with Crippen LogP contribution in [0.15, 0.2) is 22.7 Å². The van der Waals surface area contributed by atoms with Gasteiger partial charge in [0.05, 0.1) is 47.8 Å². The molecule has 2 aromatic rings. The summed E-state index contributed by atoms with van der Waals surface area (Å²) in [4.78, 5) is 19.1. The first-order valence-electron chi connectivity index (χ1n) is 7.74. The summed E-state index contributed by atoms with van der Waals surface area (Å²) >= 11 is 7.57. The number of nitrogens with zero attached hydrogens (tertiary/aromatic N) is 2. The van der Waals surface area contributed by atoms with Crippen LogP contribution in [0.5, 0.6) is 0 Å². The lowest BCUT2D eigenvalue weighted by molar-refractivity contribution is -0.394. The molecule has 0 unspecified atom stereocenters. The van der Waals surface area contributed by atoms with E-state index in [2.05, 4.69) is 15.9 Å². The van der Waals surface area contributed by atoms with E-state index in [1.165, 1.54) is 5.32 Å². The first-order valence-corrected chi connectivity index (χ1v) is 8.91. The molecule has 0 aromatic heterocycles. The Morgan fingerprint density at radius 2 is 1.33 bits per heavy atom. The maximum Gasteiger partial charge on any atom is 0.419 e. The zero-order chi connectivity index (χ0) is 25.7. The summed E-state index contributed by atoms with van der Waals surface area (Å²) in [6.07, 6.45) is -16.5. The summed E-state index contributed by atoms with van der Waals surface area (Å²) in [5.41, 5.74) is -12.7. The molecule has 0 saturated carbocycles. The minimum atomic E-state index is -5.60. The van der Waals surface area contributed by atoms with E-state index in [4.69, 9.17) is 11.6 Å². The van der Waals surface area contributed by atoms with Crippen LogP contribution in [0, 0.1) is 20.2 Å². The van der Waals surface area contributed by atoms with Gasteiger partial charge in [-0.1, -0.05) is 11.6 Å². The summed E-state index contributed by atoms with van der Waals surface area (Å²) in [7, 11) is 0. The van der Waals surface area contributed by atoms with E-state index >= 15 is 0 Å². The van der Waals surface area contributed by atoms with Gasteiger partial charge in [0.15, 0.2) is 0 Å². The number of benzene rings is 2. The summed E-state index contributed by atoms with van der Waals surface area (Å²) < 4.78 is 119. The first-order chi connectivity index (χ1) is 14.8. The topological polar surface area (TPSA) is 98.3 Å². The van der Waals surface area contributed by atoms with Gasteiger partial charge < -0.3 is 5.32 Å². The number of rotatable bonds is 4. The quantitative estimate of drug-likeness (QED) is 0.228. The van der Waals surface area contributed by atoms with Gasteiger partial charge in [0.2, 0.25) is 0 Å². The molecule has 0 saturated heterocycles. The van der Waals surface area contributed by atoms with Gasteiger partial charge in [-0.2, -0.15) is 39.5 Å². The summed E-state index contributed by atoms with van der Waals surface area (Å²) in [6, 6.07) is -0.514. The molecule has 0 bridgehead atoms. The summed E-state index contributed by atoms with van der Waals surface area (Å²) in [5.74, 6) is 0. The van der Waals surface area contributed by atoms with Crippen LogP contribution in [-0.2, 0) is 18.5 Å². The molecule has 33 heavy (non-hydrogen) atoms. The zero-order valence-electron chi connectivity index (χ0n) is 14.9. The molecule has 0 atom stereocenters. The van der Waals surface area contributed by atoms with Gasteiger partial charge >= 0.3 is 18.5 Å². The van der Waals surface area contributed by atoms with Crippen molar-refractivity contribution in [3.05, 3.63) is 64.6 Å². The Morgan fingerprint density at radius 1 is 0.818 bits per heavy atom. The first kappa shape index (κ1) is 26.4. The van der Waals surface area contributed by atoms with Gasteiger partial charge in [-0.15, -0.1) is 0 Å². The molecular formula is C15H4BrClF9N3O4. The molecule has 0 amide bonds. The molecular weight excluding hydrogens is 573 g/mol. The molecule has 2 aromatic carbocycles. The smallest absolute Gasteiger partial charge is 0.349 e. The summed E-state index contributed by atoms with van der Waals surface area (Å²) in [6.45, 7) is 0. The normalized spacial score (nSPS) is 12.6. The highest BCUT2D eigenvalue weighted by atomic mass is 79.9. The average molecular weight is 577 g/mol. The second kappa shape index (κ2) is 8.51. The van der Waals surface area contributed by atoms with Crippen molar-refractivity contribution < 1.29 is 49.4 Å². The Morgan fingerprint density at radius 3 is 1.73 bits per heavy atom. The lowest BCUT2D eigenvalue weighted by Gasteiger charge is -2.22. The van der Waals surface area contributed by atoms with E-state index in [1.807, 2.05) is 0 Å². The fourth-order valence-corrected chi connectivity index (χ4v) is 3.47. The molecule has 0 aliphatic heterocycles. The Hall–Kier alpha value is -2.82. The Bertz CT molecular complexity index is 1150. The van der Waals surface area contributed by atoms with E-state index in [9.17, 15) is 59.7 Å². The van der Waals surface area contributed by atoms with Gasteiger partial charge in [-0.3, -0.25) is 20.2 Å². The largest absolute Gasteiger partial charge is 0.419 e. The second-order valence-electron chi connectivity index (χ2n) is 5.99. The molecule has 2 rings (SSSR count). The SMILES string of the molecule is O=[N+]([O-])c1cc([N+](=O)[O-])c(Nc2cc(C(F)(F)F)c(Cl)c(Br)c2C(F)(F)F)c(C(F)(F)F)c1. The molecule has 0 aliphatic rings. The molecule has 7 nitrogen and oxygen atoms in total. The zero-order valence-corrected chi connectivity index (χ0v) is 17.3. The highest BCUT2D eigenvalue weighted by molar-refractivity contribution is 9.10. The Balaban J connectivity index is 2.99. The lowest BCUT2D eigenvalue weighted by Crippen LogP contribution is -2.17. The van der Waals surface area contributed by atoms with Gasteiger partial charge in [-0.25, -0.2) is 0 Å². The van der Waals surface area contributed by atoms with Gasteiger partial charge in [0.25, 0.3) is 11.4 Å². The van der Waals surface area contributed by atoms with Crippen LogP contribution in [-0.4, -0.2) is 9.85 Å². The molecule has 0 spiro atoms. The van der Waals surface area contributed by atoms with E-state index in [0.29, 0.717) is 0 Å². The van der Waals surface area contributed by atoms with Gasteiger partial charge in [-0.05, 0) is 22.0 Å². The van der Waals surface area contributed by atoms with Crippen LogP contribution in [0.4, 0.5) is 62.3 Å². The second-order valence-corrected chi connectivity index (χ2v) is 7.17. The predicted octanol–water partition coefficient (Wildman–Crippen LogP) is 7.72. The molecule has 0 fully saturated rings. The number of alkyl halides is 9. The number of halogens is 11. The van der Waals surface area contributed by atoms with Crippen molar-refractivity contribution >= 4 is 50.3 Å². The van der Waals surface area contributed by atoms with Gasteiger partial charge in [0, 0.05) is 6.07 Å². The molecule has 0 radical (unpaired) electrons. The molecule has 180 valence electrons. The third-order valence-electron chi connectivity index (χ3n) is 3.87. The Labute approximate surface area is 188 Å². The fraction of sp³-hybridized carbons (Fsp3) is 0.200. The molecule has 18 heteroatoms. The monoisotopic (exact) mass is 575 g/mol. The van der Waals surface area contributed by atoms with Crippen LogP contribution >= 0.6 is 27.5 Å². The molecule has 0 heterocycles. The third kappa shape index (κ3) is 5.40. The van der Waals surface area contributed by atoms with Crippen molar-refractivity contribution in [1.82, 2.24) is 0 Å². The average Bonchev–Trinajstić information content (AvgIpc) is 2.61. The van der Waals surface area contributed by atoms with Crippen LogP contribution in [0.1, 0.15) is 16.7 Å². The molecule has 0 aliphatic carbocycles. The van der Waals surface area contributed by atoms with Crippen molar-refractivity contribution in [2.45, 2.75) is 18.5 Å². The van der Waals surface area contributed by atoms with E-state index in [0.717, 1.165) is 0 Å². The van der Waals surface area contributed by atoms with Crippen LogP contribution in [0.3, 0.4) is 0 Å². The number of nitro groups is 2. The van der Waals surface area contributed by atoms with Crippen LogP contribution in [0.25, 0.3) is 0 Å². The maximum atomic E-state index is 13.5. The maximum absolute atomic E-state index is 13.5. The number of anilines is 2. The Kier molecular flexibility index (Phi) is 6.82. The number of non-ortho nitro benzene ring substituents is 1. The van der Waals surface area contributed by atoms with Crippen molar-refractivity contribution in [2.24, 2.45) is 0 Å². The van der Waals surface area contributed by atoms with Crippen molar-refractivity contribution in [2.75, 3.05) is 5.32 Å². The number of hydrogen-bond donors (Lipinski definition) is 1. The van der Waals surface area contributed by atoms with Crippen molar-refractivity contribution in [3.63, 3.8) is 0 Å². The molecule has 1 N–H and O–H groups in total. The highest BCUT2D eigenvalue weighted by Crippen LogP contribution is 2.51. The number of nitro benzene ring substituents is 2. The highest BCUT2D eigenvalue weighted by Gasteiger charge is 2.44. The van der Waals surface area contributed by atoms with Crippen molar-refractivity contribution in [3.8, 4) is 0 Å². The minimum absolute atomic E-state index is 0.000464. The van der Waals surface area contributed by atoms with Gasteiger partial charge in [0.1, 0.15) is 5.69 Å². The minimum Gasteiger partial charge on any atom is -0.349 e. The van der Waals surface area contributed by atoms with Crippen LogP contribution in [0.2, 0.25) is 5.02 Å². The third-order valence-corrected chi connectivity index (χ3v) is 5.28. The number of hydrogen-bond acceptors (Lipinski definition) is 5. The van der Waals surface area contributed by atoms with Crippen molar-refractivity contribution in [1.29, 1.82) is 0 Å². The predicted molar refractivity (Wildman–Crippen MR) is 97.2 cm³/mol. The van der Waals surface area contributed by atoms with E-state index in [1.54, 1.807) is 0 Å². The fourth-order valence-electron chi connectivity index (χ4n) is 2.56. The van der Waals surface area contributed by atoms with Crippen LogP contribution < -0.4 is 5.32 Å². The number of nitrogens with one attached hydrogen (secondary N) is 1.